The smallest absolute Gasteiger partial charge is 0.268 e. The van der Waals surface area contributed by atoms with Gasteiger partial charge in [0.1, 0.15) is 5.69 Å². The van der Waals surface area contributed by atoms with Gasteiger partial charge in [-0.05, 0) is 37.7 Å². The zero-order chi connectivity index (χ0) is 17.0. The normalized spacial score (nSPS) is 12.4. The number of nitrogens with one attached hydrogen (secondary N) is 1. The maximum absolute atomic E-state index is 12.3. The summed E-state index contributed by atoms with van der Waals surface area (Å²) in [5.41, 5.74) is 3.07. The number of aryl methyl sites for hydroxylation is 2. The molecule has 0 saturated carbocycles. The van der Waals surface area contributed by atoms with Gasteiger partial charge in [0.25, 0.3) is 5.91 Å². The number of hydrogen-bond donors (Lipinski definition) is 1. The molecular formula is C18H24ClN3O. The number of aromatic nitrogens is 1. The number of amides is 1. The van der Waals surface area contributed by atoms with Crippen LogP contribution in [0.5, 0.6) is 0 Å². The highest BCUT2D eigenvalue weighted by Gasteiger charge is 2.17. The SMILES string of the molecule is CCc1ccc([C@@H](CNC(=O)c2cc(Cl)cn2C)N(C)C)cc1. The molecule has 0 aliphatic rings. The third kappa shape index (κ3) is 4.36. The van der Waals surface area contributed by atoms with Crippen LogP contribution in [0.15, 0.2) is 36.5 Å². The van der Waals surface area contributed by atoms with Crippen LogP contribution in [-0.2, 0) is 13.5 Å². The van der Waals surface area contributed by atoms with Gasteiger partial charge in [0.15, 0.2) is 0 Å². The average Bonchev–Trinajstić information content (AvgIpc) is 2.86. The van der Waals surface area contributed by atoms with Crippen molar-refractivity contribution in [2.45, 2.75) is 19.4 Å². The summed E-state index contributed by atoms with van der Waals surface area (Å²) in [5, 5.41) is 3.57. The molecule has 1 heterocycles. The molecule has 0 fully saturated rings. The number of hydrogen-bond acceptors (Lipinski definition) is 2. The van der Waals surface area contributed by atoms with Crippen molar-refractivity contribution in [2.24, 2.45) is 7.05 Å². The molecule has 1 N–H and O–H groups in total. The van der Waals surface area contributed by atoms with Crippen molar-refractivity contribution in [3.05, 3.63) is 58.4 Å². The Labute approximate surface area is 143 Å². The standard InChI is InChI=1S/C18H24ClN3O/c1-5-13-6-8-14(9-7-13)17(21(2)3)11-20-18(23)16-10-15(19)12-22(16)4/h6-10,12,17H,5,11H2,1-4H3,(H,20,23)/t17-/m1/s1. The van der Waals surface area contributed by atoms with Crippen LogP contribution in [0.2, 0.25) is 5.02 Å². The number of nitrogens with zero attached hydrogens (tertiary/aromatic N) is 2. The van der Waals surface area contributed by atoms with Crippen LogP contribution in [0.3, 0.4) is 0 Å². The first-order valence-electron chi connectivity index (χ1n) is 7.77. The number of likely N-dealkylation sites (N-methyl/N-ethyl adjacent to an activating group) is 1. The molecule has 0 aliphatic heterocycles. The summed E-state index contributed by atoms with van der Waals surface area (Å²) in [5.74, 6) is -0.114. The number of benzene rings is 1. The van der Waals surface area contributed by atoms with Gasteiger partial charge in [0, 0.05) is 19.8 Å². The third-order valence-corrected chi connectivity index (χ3v) is 4.26. The summed E-state index contributed by atoms with van der Waals surface area (Å²) in [7, 11) is 5.85. The van der Waals surface area contributed by atoms with Gasteiger partial charge in [-0.1, -0.05) is 42.8 Å². The summed E-state index contributed by atoms with van der Waals surface area (Å²) in [6.07, 6.45) is 2.75. The predicted molar refractivity (Wildman–Crippen MR) is 95.0 cm³/mol. The average molecular weight is 334 g/mol. The quantitative estimate of drug-likeness (QED) is 0.881. The van der Waals surface area contributed by atoms with E-state index in [4.69, 9.17) is 11.6 Å². The second-order valence-corrected chi connectivity index (χ2v) is 6.38. The Morgan fingerprint density at radius 3 is 2.43 bits per heavy atom. The Bertz CT molecular complexity index is 661. The van der Waals surface area contributed by atoms with Crippen LogP contribution in [0.1, 0.15) is 34.6 Å². The first kappa shape index (κ1) is 17.6. The molecule has 5 heteroatoms. The van der Waals surface area contributed by atoms with Gasteiger partial charge in [-0.2, -0.15) is 0 Å². The first-order valence-corrected chi connectivity index (χ1v) is 8.15. The van der Waals surface area contributed by atoms with Crippen molar-refractivity contribution in [1.29, 1.82) is 0 Å². The molecule has 1 amide bonds. The highest BCUT2D eigenvalue weighted by Crippen LogP contribution is 2.19. The van der Waals surface area contributed by atoms with Crippen molar-refractivity contribution < 1.29 is 4.79 Å². The Hall–Kier alpha value is -1.78. The van der Waals surface area contributed by atoms with Gasteiger partial charge in [0.2, 0.25) is 0 Å². The van der Waals surface area contributed by atoms with Crippen LogP contribution >= 0.6 is 11.6 Å². The lowest BCUT2D eigenvalue weighted by Gasteiger charge is -2.25. The number of halogens is 1. The van der Waals surface area contributed by atoms with E-state index in [-0.39, 0.29) is 11.9 Å². The molecule has 0 bridgehead atoms. The molecule has 0 unspecified atom stereocenters. The summed E-state index contributed by atoms with van der Waals surface area (Å²) in [6.45, 7) is 2.68. The Balaban J connectivity index is 2.07. The largest absolute Gasteiger partial charge is 0.349 e. The molecule has 0 aliphatic carbocycles. The molecule has 1 atom stereocenters. The van der Waals surface area contributed by atoms with Crippen LogP contribution < -0.4 is 5.32 Å². The fourth-order valence-corrected chi connectivity index (χ4v) is 2.85. The minimum atomic E-state index is -0.114. The van der Waals surface area contributed by atoms with Gasteiger partial charge in [-0.3, -0.25) is 4.79 Å². The van der Waals surface area contributed by atoms with Crippen LogP contribution in [0.4, 0.5) is 0 Å². The van der Waals surface area contributed by atoms with Gasteiger partial charge in [-0.15, -0.1) is 0 Å². The highest BCUT2D eigenvalue weighted by atomic mass is 35.5. The van der Waals surface area contributed by atoms with Crippen LogP contribution in [0.25, 0.3) is 0 Å². The van der Waals surface area contributed by atoms with Gasteiger partial charge in [0.05, 0.1) is 11.1 Å². The van der Waals surface area contributed by atoms with E-state index in [9.17, 15) is 4.79 Å². The fraction of sp³-hybridized carbons (Fsp3) is 0.389. The maximum atomic E-state index is 12.3. The fourth-order valence-electron chi connectivity index (χ4n) is 2.60. The van der Waals surface area contributed by atoms with E-state index in [1.165, 1.54) is 11.1 Å². The number of carbonyl (C=O) groups is 1. The van der Waals surface area contributed by atoms with Crippen molar-refractivity contribution in [3.8, 4) is 0 Å². The molecule has 0 radical (unpaired) electrons. The van der Waals surface area contributed by atoms with Crippen LogP contribution in [0, 0.1) is 0 Å². The zero-order valence-corrected chi connectivity index (χ0v) is 14.9. The van der Waals surface area contributed by atoms with E-state index in [1.54, 1.807) is 16.8 Å². The van der Waals surface area contributed by atoms with E-state index in [0.29, 0.717) is 17.3 Å². The van der Waals surface area contributed by atoms with Crippen molar-refractivity contribution in [1.82, 2.24) is 14.8 Å². The monoisotopic (exact) mass is 333 g/mol. The topological polar surface area (TPSA) is 37.3 Å². The Morgan fingerprint density at radius 2 is 1.96 bits per heavy atom. The predicted octanol–water partition coefficient (Wildman–Crippen LogP) is 3.27. The molecular weight excluding hydrogens is 310 g/mol. The molecule has 2 rings (SSSR count). The number of rotatable bonds is 6. The summed E-state index contributed by atoms with van der Waals surface area (Å²) in [6, 6.07) is 10.4. The van der Waals surface area contributed by atoms with Gasteiger partial charge in [-0.25, -0.2) is 0 Å². The van der Waals surface area contributed by atoms with E-state index in [0.717, 1.165) is 6.42 Å². The zero-order valence-electron chi connectivity index (χ0n) is 14.1. The van der Waals surface area contributed by atoms with Crippen LogP contribution in [-0.4, -0.2) is 36.0 Å². The first-order chi connectivity index (χ1) is 10.9. The molecule has 1 aromatic heterocycles. The van der Waals surface area contributed by atoms with Gasteiger partial charge >= 0.3 is 0 Å². The van der Waals surface area contributed by atoms with Crippen molar-refractivity contribution >= 4 is 17.5 Å². The minimum absolute atomic E-state index is 0.114. The molecule has 124 valence electrons. The lowest BCUT2D eigenvalue weighted by atomic mass is 10.0. The summed E-state index contributed by atoms with van der Waals surface area (Å²) in [4.78, 5) is 14.4. The summed E-state index contributed by atoms with van der Waals surface area (Å²) >= 11 is 5.94. The third-order valence-electron chi connectivity index (χ3n) is 4.06. The Morgan fingerprint density at radius 1 is 1.30 bits per heavy atom. The van der Waals surface area contributed by atoms with E-state index < -0.39 is 0 Å². The van der Waals surface area contributed by atoms with E-state index in [2.05, 4.69) is 41.4 Å². The summed E-state index contributed by atoms with van der Waals surface area (Å²) < 4.78 is 1.73. The lowest BCUT2D eigenvalue weighted by Crippen LogP contribution is -2.35. The second-order valence-electron chi connectivity index (χ2n) is 5.94. The molecule has 2 aromatic rings. The van der Waals surface area contributed by atoms with E-state index in [1.807, 2.05) is 21.1 Å². The highest BCUT2D eigenvalue weighted by molar-refractivity contribution is 6.31. The van der Waals surface area contributed by atoms with E-state index >= 15 is 0 Å². The number of carbonyl (C=O) groups excluding carboxylic acids is 1. The maximum Gasteiger partial charge on any atom is 0.268 e. The molecule has 1 aromatic carbocycles. The lowest BCUT2D eigenvalue weighted by molar-refractivity contribution is 0.0934. The molecule has 4 nitrogen and oxygen atoms in total. The van der Waals surface area contributed by atoms with Crippen molar-refractivity contribution in [2.75, 3.05) is 20.6 Å². The molecule has 23 heavy (non-hydrogen) atoms. The second kappa shape index (κ2) is 7.66. The Kier molecular flexibility index (Phi) is 5.85. The molecule has 0 spiro atoms. The minimum Gasteiger partial charge on any atom is -0.349 e. The van der Waals surface area contributed by atoms with Gasteiger partial charge < -0.3 is 14.8 Å². The van der Waals surface area contributed by atoms with Crippen molar-refractivity contribution in [3.63, 3.8) is 0 Å². The molecule has 0 saturated heterocycles.